The molecule has 0 aromatic heterocycles. The Balaban J connectivity index is 1.76. The first-order chi connectivity index (χ1) is 6.66. The SMILES string of the molecule is CC(C)C1CC(N[C@@H]2C[C@H]2C)CCO1. The lowest BCUT2D eigenvalue weighted by Crippen LogP contribution is -2.42. The zero-order valence-corrected chi connectivity index (χ0v) is 9.62. The Morgan fingerprint density at radius 1 is 1.29 bits per heavy atom. The topological polar surface area (TPSA) is 21.3 Å². The summed E-state index contributed by atoms with van der Waals surface area (Å²) in [7, 11) is 0. The minimum atomic E-state index is 0.482. The van der Waals surface area contributed by atoms with Crippen LogP contribution in [0, 0.1) is 11.8 Å². The fraction of sp³-hybridized carbons (Fsp3) is 1.00. The van der Waals surface area contributed by atoms with Gasteiger partial charge in [-0.05, 0) is 31.1 Å². The first kappa shape index (κ1) is 10.4. The standard InChI is InChI=1S/C12H23NO/c1-8(2)12-7-10(4-5-14-12)13-11-6-9(11)3/h8-13H,4-7H2,1-3H3/t9-,10?,11-,12?/m1/s1. The lowest BCUT2D eigenvalue weighted by molar-refractivity contribution is -0.0247. The molecule has 2 aliphatic rings. The summed E-state index contributed by atoms with van der Waals surface area (Å²) in [5.41, 5.74) is 0. The molecule has 1 aliphatic heterocycles. The Morgan fingerprint density at radius 3 is 2.57 bits per heavy atom. The van der Waals surface area contributed by atoms with Crippen molar-refractivity contribution >= 4 is 0 Å². The van der Waals surface area contributed by atoms with E-state index in [2.05, 4.69) is 26.1 Å². The fourth-order valence-corrected chi connectivity index (χ4v) is 2.30. The van der Waals surface area contributed by atoms with E-state index in [1.165, 1.54) is 19.3 Å². The summed E-state index contributed by atoms with van der Waals surface area (Å²) in [6.07, 6.45) is 4.27. The summed E-state index contributed by atoms with van der Waals surface area (Å²) in [4.78, 5) is 0. The Labute approximate surface area is 87.4 Å². The molecular weight excluding hydrogens is 174 g/mol. The van der Waals surface area contributed by atoms with Crippen molar-refractivity contribution in [2.45, 2.75) is 58.2 Å². The maximum atomic E-state index is 5.76. The molecule has 2 nitrogen and oxygen atoms in total. The average Bonchev–Trinajstić information content (AvgIpc) is 2.82. The van der Waals surface area contributed by atoms with E-state index in [1.807, 2.05) is 0 Å². The largest absolute Gasteiger partial charge is 0.378 e. The zero-order chi connectivity index (χ0) is 10.1. The highest BCUT2D eigenvalue weighted by Crippen LogP contribution is 2.31. The highest BCUT2D eigenvalue weighted by atomic mass is 16.5. The third-order valence-corrected chi connectivity index (χ3v) is 3.62. The molecule has 2 heteroatoms. The lowest BCUT2D eigenvalue weighted by Gasteiger charge is -2.32. The maximum absolute atomic E-state index is 5.76. The van der Waals surface area contributed by atoms with Crippen LogP contribution in [-0.4, -0.2) is 24.8 Å². The first-order valence-corrected chi connectivity index (χ1v) is 6.04. The normalized spacial score (nSPS) is 42.9. The molecule has 0 aromatic rings. The number of hydrogen-bond acceptors (Lipinski definition) is 2. The minimum Gasteiger partial charge on any atom is -0.378 e. The molecule has 0 spiro atoms. The van der Waals surface area contributed by atoms with Crippen LogP contribution in [0.2, 0.25) is 0 Å². The smallest absolute Gasteiger partial charge is 0.0612 e. The van der Waals surface area contributed by atoms with Crippen molar-refractivity contribution in [2.24, 2.45) is 11.8 Å². The van der Waals surface area contributed by atoms with Crippen molar-refractivity contribution in [3.8, 4) is 0 Å². The van der Waals surface area contributed by atoms with Gasteiger partial charge >= 0.3 is 0 Å². The Morgan fingerprint density at radius 2 is 2.00 bits per heavy atom. The highest BCUT2D eigenvalue weighted by Gasteiger charge is 2.35. The summed E-state index contributed by atoms with van der Waals surface area (Å²) < 4.78 is 5.76. The van der Waals surface area contributed by atoms with Gasteiger partial charge in [0, 0.05) is 18.7 Å². The van der Waals surface area contributed by atoms with Gasteiger partial charge in [-0.1, -0.05) is 20.8 Å². The summed E-state index contributed by atoms with van der Waals surface area (Å²) in [5, 5.41) is 3.75. The van der Waals surface area contributed by atoms with Crippen LogP contribution in [-0.2, 0) is 4.74 Å². The second-order valence-corrected chi connectivity index (χ2v) is 5.36. The average molecular weight is 197 g/mol. The van der Waals surface area contributed by atoms with Gasteiger partial charge in [-0.2, -0.15) is 0 Å². The molecule has 1 saturated carbocycles. The van der Waals surface area contributed by atoms with Gasteiger partial charge in [0.1, 0.15) is 0 Å². The maximum Gasteiger partial charge on any atom is 0.0612 e. The Kier molecular flexibility index (Phi) is 3.13. The second-order valence-electron chi connectivity index (χ2n) is 5.36. The molecule has 0 bridgehead atoms. The van der Waals surface area contributed by atoms with Crippen LogP contribution in [0.25, 0.3) is 0 Å². The minimum absolute atomic E-state index is 0.482. The lowest BCUT2D eigenvalue weighted by atomic mass is 9.95. The van der Waals surface area contributed by atoms with Gasteiger partial charge < -0.3 is 10.1 Å². The second kappa shape index (κ2) is 4.19. The molecule has 2 unspecified atom stereocenters. The van der Waals surface area contributed by atoms with Crippen molar-refractivity contribution < 1.29 is 4.74 Å². The van der Waals surface area contributed by atoms with Gasteiger partial charge in [-0.15, -0.1) is 0 Å². The fourth-order valence-electron chi connectivity index (χ4n) is 2.30. The van der Waals surface area contributed by atoms with Crippen molar-refractivity contribution in [2.75, 3.05) is 6.61 Å². The van der Waals surface area contributed by atoms with Gasteiger partial charge in [0.25, 0.3) is 0 Å². The number of ether oxygens (including phenoxy) is 1. The van der Waals surface area contributed by atoms with Crippen molar-refractivity contribution in [1.82, 2.24) is 5.32 Å². The van der Waals surface area contributed by atoms with E-state index >= 15 is 0 Å². The Bertz CT molecular complexity index is 193. The summed E-state index contributed by atoms with van der Waals surface area (Å²) in [6.45, 7) is 7.79. The molecule has 2 fully saturated rings. The molecular formula is C12H23NO. The molecule has 2 rings (SSSR count). The monoisotopic (exact) mass is 197 g/mol. The van der Waals surface area contributed by atoms with Crippen molar-refractivity contribution in [3.05, 3.63) is 0 Å². The van der Waals surface area contributed by atoms with E-state index in [1.54, 1.807) is 0 Å². The molecule has 0 aromatic carbocycles. The van der Waals surface area contributed by atoms with E-state index in [0.717, 1.165) is 18.6 Å². The van der Waals surface area contributed by atoms with Gasteiger partial charge in [-0.3, -0.25) is 0 Å². The van der Waals surface area contributed by atoms with E-state index in [-0.39, 0.29) is 0 Å². The molecule has 4 atom stereocenters. The van der Waals surface area contributed by atoms with Crippen molar-refractivity contribution in [1.29, 1.82) is 0 Å². The molecule has 82 valence electrons. The number of hydrogen-bond donors (Lipinski definition) is 1. The zero-order valence-electron chi connectivity index (χ0n) is 9.62. The van der Waals surface area contributed by atoms with Gasteiger partial charge in [-0.25, -0.2) is 0 Å². The molecule has 1 aliphatic carbocycles. The van der Waals surface area contributed by atoms with Gasteiger partial charge in [0.15, 0.2) is 0 Å². The third-order valence-electron chi connectivity index (χ3n) is 3.62. The number of nitrogens with one attached hydrogen (secondary N) is 1. The van der Waals surface area contributed by atoms with Gasteiger partial charge in [0.05, 0.1) is 6.10 Å². The number of rotatable bonds is 3. The van der Waals surface area contributed by atoms with E-state index in [4.69, 9.17) is 4.74 Å². The predicted octanol–water partition coefficient (Wildman–Crippen LogP) is 2.19. The van der Waals surface area contributed by atoms with E-state index < -0.39 is 0 Å². The molecule has 1 heterocycles. The Hall–Kier alpha value is -0.0800. The molecule has 1 saturated heterocycles. The summed E-state index contributed by atoms with van der Waals surface area (Å²) in [6, 6.07) is 1.53. The van der Waals surface area contributed by atoms with Crippen LogP contribution in [0.5, 0.6) is 0 Å². The summed E-state index contributed by atoms with van der Waals surface area (Å²) in [5.74, 6) is 1.58. The molecule has 1 N–H and O–H groups in total. The first-order valence-electron chi connectivity index (χ1n) is 6.04. The molecule has 14 heavy (non-hydrogen) atoms. The quantitative estimate of drug-likeness (QED) is 0.749. The van der Waals surface area contributed by atoms with Crippen LogP contribution >= 0.6 is 0 Å². The molecule has 0 amide bonds. The van der Waals surface area contributed by atoms with Crippen LogP contribution in [0.1, 0.15) is 40.0 Å². The van der Waals surface area contributed by atoms with Crippen LogP contribution < -0.4 is 5.32 Å². The summed E-state index contributed by atoms with van der Waals surface area (Å²) >= 11 is 0. The van der Waals surface area contributed by atoms with Crippen LogP contribution in [0.3, 0.4) is 0 Å². The van der Waals surface area contributed by atoms with Crippen LogP contribution in [0.15, 0.2) is 0 Å². The van der Waals surface area contributed by atoms with E-state index in [0.29, 0.717) is 18.1 Å². The van der Waals surface area contributed by atoms with Gasteiger partial charge in [0.2, 0.25) is 0 Å². The van der Waals surface area contributed by atoms with Crippen LogP contribution in [0.4, 0.5) is 0 Å². The third kappa shape index (κ3) is 2.48. The van der Waals surface area contributed by atoms with E-state index in [9.17, 15) is 0 Å². The predicted molar refractivity (Wildman–Crippen MR) is 58.3 cm³/mol. The molecule has 0 radical (unpaired) electrons. The highest BCUT2D eigenvalue weighted by molar-refractivity contribution is 4.93. The van der Waals surface area contributed by atoms with Crippen molar-refractivity contribution in [3.63, 3.8) is 0 Å².